The molecule has 1 fully saturated rings. The summed E-state index contributed by atoms with van der Waals surface area (Å²) in [6.07, 6.45) is 1.85. The van der Waals surface area contributed by atoms with Gasteiger partial charge in [-0.2, -0.15) is 4.31 Å². The molecule has 1 aliphatic rings. The van der Waals surface area contributed by atoms with Crippen LogP contribution in [0.4, 0.5) is 0 Å². The van der Waals surface area contributed by atoms with Gasteiger partial charge in [0.15, 0.2) is 0 Å². The van der Waals surface area contributed by atoms with E-state index >= 15 is 0 Å². The molecule has 5 nitrogen and oxygen atoms in total. The number of halogens is 3. The van der Waals surface area contributed by atoms with Crippen molar-refractivity contribution in [3.8, 4) is 0 Å². The van der Waals surface area contributed by atoms with E-state index in [1.165, 1.54) is 12.1 Å². The van der Waals surface area contributed by atoms with Crippen molar-refractivity contribution in [2.75, 3.05) is 13.2 Å². The number of hydrogen-bond donors (Lipinski definition) is 0. The van der Waals surface area contributed by atoms with Crippen molar-refractivity contribution in [1.29, 1.82) is 0 Å². The highest BCUT2D eigenvalue weighted by molar-refractivity contribution is 9.10. The summed E-state index contributed by atoms with van der Waals surface area (Å²) in [5.74, 6) is -0.542. The number of ether oxygens (including phenoxy) is 1. The molecule has 1 atom stereocenters. The highest BCUT2D eigenvalue weighted by Crippen LogP contribution is 2.36. The van der Waals surface area contributed by atoms with E-state index in [9.17, 15) is 13.2 Å². The molecule has 0 amide bonds. The zero-order valence-electron chi connectivity index (χ0n) is 12.4. The van der Waals surface area contributed by atoms with E-state index < -0.39 is 22.0 Å². The highest BCUT2D eigenvalue weighted by Gasteiger charge is 2.40. The molecule has 1 aliphatic heterocycles. The van der Waals surface area contributed by atoms with E-state index in [1.54, 1.807) is 6.92 Å². The lowest BCUT2D eigenvalue weighted by Gasteiger charge is -2.33. The van der Waals surface area contributed by atoms with E-state index in [4.69, 9.17) is 27.9 Å². The standard InChI is InChI=1S/C14H16BrCl2NO4S/c1-2-22-14(19)12-5-3-4-6-18(12)23(20,21)13-10(16)7-9(15)8-11(13)17/h7-8,12H,2-6H2,1H3/t12-/m0/s1. The van der Waals surface area contributed by atoms with E-state index in [2.05, 4.69) is 15.9 Å². The summed E-state index contributed by atoms with van der Waals surface area (Å²) in [5, 5.41) is 0.0233. The predicted octanol–water partition coefficient (Wildman–Crippen LogP) is 3.86. The van der Waals surface area contributed by atoms with Gasteiger partial charge in [0.25, 0.3) is 0 Å². The smallest absolute Gasteiger partial charge is 0.324 e. The number of rotatable bonds is 4. The van der Waals surface area contributed by atoms with Crippen LogP contribution in [0.2, 0.25) is 10.0 Å². The zero-order valence-corrected chi connectivity index (χ0v) is 16.3. The molecule has 0 aliphatic carbocycles. The Morgan fingerprint density at radius 1 is 1.35 bits per heavy atom. The average molecular weight is 445 g/mol. The van der Waals surface area contributed by atoms with Crippen LogP contribution >= 0.6 is 39.1 Å². The molecule has 9 heteroatoms. The van der Waals surface area contributed by atoms with Gasteiger partial charge in [-0.15, -0.1) is 0 Å². The minimum Gasteiger partial charge on any atom is -0.465 e. The first-order chi connectivity index (χ1) is 10.8. The van der Waals surface area contributed by atoms with Crippen LogP contribution in [0, 0.1) is 0 Å². The third-order valence-corrected chi connectivity index (χ3v) is 6.83. The second kappa shape index (κ2) is 7.70. The summed E-state index contributed by atoms with van der Waals surface area (Å²) >= 11 is 15.4. The molecule has 1 heterocycles. The number of esters is 1. The first kappa shape index (κ1) is 19.0. The summed E-state index contributed by atoms with van der Waals surface area (Å²) in [6, 6.07) is 2.08. The van der Waals surface area contributed by atoms with Crippen LogP contribution in [0.25, 0.3) is 0 Å². The summed E-state index contributed by atoms with van der Waals surface area (Å²) in [4.78, 5) is 11.9. The molecule has 128 valence electrons. The first-order valence-corrected chi connectivity index (χ1v) is 10.1. The number of piperidine rings is 1. The van der Waals surface area contributed by atoms with Gasteiger partial charge in [-0.3, -0.25) is 4.79 Å². The third kappa shape index (κ3) is 4.02. The maximum Gasteiger partial charge on any atom is 0.324 e. The van der Waals surface area contributed by atoms with Crippen LogP contribution in [-0.2, 0) is 19.6 Å². The summed E-state index contributed by atoms with van der Waals surface area (Å²) in [6.45, 7) is 2.11. The van der Waals surface area contributed by atoms with Crippen molar-refractivity contribution in [2.24, 2.45) is 0 Å². The van der Waals surface area contributed by atoms with E-state index in [-0.39, 0.29) is 28.1 Å². The van der Waals surface area contributed by atoms with Gasteiger partial charge < -0.3 is 4.74 Å². The SMILES string of the molecule is CCOC(=O)[C@@H]1CCCCN1S(=O)(=O)c1c(Cl)cc(Br)cc1Cl. The molecule has 23 heavy (non-hydrogen) atoms. The van der Waals surface area contributed by atoms with E-state index in [0.29, 0.717) is 17.3 Å². The Morgan fingerprint density at radius 2 is 1.96 bits per heavy atom. The number of sulfonamides is 1. The second-order valence-electron chi connectivity index (χ2n) is 5.08. The molecule has 0 aromatic heterocycles. The molecule has 0 saturated carbocycles. The molecule has 0 N–H and O–H groups in total. The fourth-order valence-electron chi connectivity index (χ4n) is 2.56. The van der Waals surface area contributed by atoms with Crippen molar-refractivity contribution < 1.29 is 17.9 Å². The van der Waals surface area contributed by atoms with Crippen LogP contribution in [-0.4, -0.2) is 37.9 Å². The number of nitrogens with zero attached hydrogens (tertiary/aromatic N) is 1. The quantitative estimate of drug-likeness (QED) is 0.661. The first-order valence-electron chi connectivity index (χ1n) is 7.12. The minimum atomic E-state index is -4.00. The third-order valence-electron chi connectivity index (χ3n) is 3.54. The molecule has 2 rings (SSSR count). The Hall–Kier alpha value is -0.340. The monoisotopic (exact) mass is 443 g/mol. The van der Waals surface area contributed by atoms with Gasteiger partial charge >= 0.3 is 5.97 Å². The Balaban J connectivity index is 2.46. The molecule has 1 saturated heterocycles. The van der Waals surface area contributed by atoms with Crippen molar-refractivity contribution >= 4 is 55.1 Å². The lowest BCUT2D eigenvalue weighted by molar-refractivity contribution is -0.148. The van der Waals surface area contributed by atoms with Crippen LogP contribution in [0.1, 0.15) is 26.2 Å². The molecule has 0 unspecified atom stereocenters. The average Bonchev–Trinajstić information content (AvgIpc) is 2.46. The summed E-state index contributed by atoms with van der Waals surface area (Å²) in [7, 11) is -4.00. The van der Waals surface area contributed by atoms with Gasteiger partial charge in [0, 0.05) is 11.0 Å². The Bertz CT molecular complexity index is 688. The van der Waals surface area contributed by atoms with Crippen molar-refractivity contribution in [2.45, 2.75) is 37.1 Å². The van der Waals surface area contributed by atoms with Gasteiger partial charge in [0.1, 0.15) is 10.9 Å². The van der Waals surface area contributed by atoms with E-state index in [0.717, 1.165) is 10.7 Å². The minimum absolute atomic E-state index is 0.0116. The fraction of sp³-hybridized carbons (Fsp3) is 0.500. The Morgan fingerprint density at radius 3 is 2.52 bits per heavy atom. The Kier molecular flexibility index (Phi) is 6.35. The predicted molar refractivity (Wildman–Crippen MR) is 92.3 cm³/mol. The molecular weight excluding hydrogens is 429 g/mol. The summed E-state index contributed by atoms with van der Waals surface area (Å²) in [5.41, 5.74) is 0. The molecule has 0 bridgehead atoms. The van der Waals surface area contributed by atoms with Crippen LogP contribution in [0.15, 0.2) is 21.5 Å². The zero-order chi connectivity index (χ0) is 17.2. The van der Waals surface area contributed by atoms with Crippen molar-refractivity contribution in [3.05, 3.63) is 26.7 Å². The van der Waals surface area contributed by atoms with Gasteiger partial charge in [-0.25, -0.2) is 8.42 Å². The number of hydrogen-bond acceptors (Lipinski definition) is 4. The van der Waals surface area contributed by atoms with Gasteiger partial charge in [0.05, 0.1) is 16.7 Å². The lowest BCUT2D eigenvalue weighted by atomic mass is 10.1. The maximum atomic E-state index is 13.0. The number of benzene rings is 1. The number of carbonyl (C=O) groups excluding carboxylic acids is 1. The van der Waals surface area contributed by atoms with Crippen LogP contribution in [0.5, 0.6) is 0 Å². The van der Waals surface area contributed by atoms with Crippen molar-refractivity contribution in [1.82, 2.24) is 4.31 Å². The normalized spacial score (nSPS) is 19.6. The number of carbonyl (C=O) groups is 1. The van der Waals surface area contributed by atoms with Gasteiger partial charge in [-0.05, 0) is 38.3 Å². The lowest BCUT2D eigenvalue weighted by Crippen LogP contribution is -2.48. The molecule has 0 radical (unpaired) electrons. The molecule has 0 spiro atoms. The Labute approximate surface area is 154 Å². The molecule has 1 aromatic rings. The van der Waals surface area contributed by atoms with Crippen molar-refractivity contribution in [3.63, 3.8) is 0 Å². The molecule has 1 aromatic carbocycles. The maximum absolute atomic E-state index is 13.0. The second-order valence-corrected chi connectivity index (χ2v) is 8.64. The largest absolute Gasteiger partial charge is 0.465 e. The van der Waals surface area contributed by atoms with E-state index in [1.807, 2.05) is 0 Å². The summed E-state index contributed by atoms with van der Waals surface area (Å²) < 4.78 is 32.7. The topological polar surface area (TPSA) is 63.7 Å². The van der Waals surface area contributed by atoms with Crippen LogP contribution in [0.3, 0.4) is 0 Å². The molecular formula is C14H16BrCl2NO4S. The van der Waals surface area contributed by atoms with Crippen LogP contribution < -0.4 is 0 Å². The van der Waals surface area contributed by atoms with Gasteiger partial charge in [-0.1, -0.05) is 39.1 Å². The fourth-order valence-corrected chi connectivity index (χ4v) is 6.09. The van der Waals surface area contributed by atoms with Gasteiger partial charge in [0.2, 0.25) is 10.0 Å². The highest BCUT2D eigenvalue weighted by atomic mass is 79.9.